The lowest BCUT2D eigenvalue weighted by atomic mass is 10.1. The molecule has 192 valence electrons. The number of aromatic nitrogens is 6. The number of anilines is 1. The van der Waals surface area contributed by atoms with Crippen molar-refractivity contribution in [2.75, 3.05) is 5.32 Å². The Morgan fingerprint density at radius 1 is 1.14 bits per heavy atom. The molecule has 0 bridgehead atoms. The first-order valence-electron chi connectivity index (χ1n) is 10.5. The fourth-order valence-electron chi connectivity index (χ4n) is 3.68. The van der Waals surface area contributed by atoms with Crippen LogP contribution in [-0.4, -0.2) is 45.6 Å². The Bertz CT molecular complexity index is 1670. The number of aryl methyl sites for hydroxylation is 2. The van der Waals surface area contributed by atoms with Crippen LogP contribution in [0.25, 0.3) is 22.4 Å². The highest BCUT2D eigenvalue weighted by Gasteiger charge is 2.33. The minimum absolute atomic E-state index is 0.0248. The number of hydrogen-bond acceptors (Lipinski definition) is 7. The highest BCUT2D eigenvalue weighted by Crippen LogP contribution is 2.33. The molecule has 4 aromatic heterocycles. The average molecular weight is 517 g/mol. The largest absolute Gasteiger partial charge is 0.480 e. The highest BCUT2D eigenvalue weighted by atomic mass is 19.4. The number of halogens is 3. The maximum absolute atomic E-state index is 13.3. The minimum Gasteiger partial charge on any atom is -0.480 e. The molecule has 12 nitrogen and oxygen atoms in total. The lowest BCUT2D eigenvalue weighted by Gasteiger charge is -2.12. The molecule has 0 saturated carbocycles. The van der Waals surface area contributed by atoms with E-state index < -0.39 is 48.0 Å². The second-order valence-electron chi connectivity index (χ2n) is 7.98. The van der Waals surface area contributed by atoms with Crippen LogP contribution in [-0.2, 0) is 35.9 Å². The zero-order valence-corrected chi connectivity index (χ0v) is 19.3. The number of nitrogens with one attached hydrogen (secondary N) is 1. The van der Waals surface area contributed by atoms with E-state index >= 15 is 0 Å². The molecule has 4 rings (SSSR count). The molecule has 1 amide bonds. The fraction of sp³-hybridized carbons (Fsp3) is 0.227. The number of rotatable bonds is 6. The Morgan fingerprint density at radius 2 is 1.86 bits per heavy atom. The average Bonchev–Trinajstić information content (AvgIpc) is 3.23. The normalized spacial score (nSPS) is 11.6. The molecule has 0 atom stereocenters. The lowest BCUT2D eigenvalue weighted by molar-refractivity contribution is -0.139. The first kappa shape index (κ1) is 25.3. The van der Waals surface area contributed by atoms with Crippen molar-refractivity contribution in [2.24, 2.45) is 7.05 Å². The summed E-state index contributed by atoms with van der Waals surface area (Å²) >= 11 is 0. The summed E-state index contributed by atoms with van der Waals surface area (Å²) in [5.41, 5.74) is -2.88. The number of carboxylic acids is 1. The van der Waals surface area contributed by atoms with Gasteiger partial charge in [-0.2, -0.15) is 13.2 Å². The smallest absolute Gasteiger partial charge is 0.418 e. The van der Waals surface area contributed by atoms with Gasteiger partial charge >= 0.3 is 17.8 Å². The molecule has 37 heavy (non-hydrogen) atoms. The third-order valence-corrected chi connectivity index (χ3v) is 5.41. The summed E-state index contributed by atoms with van der Waals surface area (Å²) in [6.07, 6.45) is -2.21. The molecular formula is C22H18F3N7O5. The fourth-order valence-corrected chi connectivity index (χ4v) is 3.68. The van der Waals surface area contributed by atoms with E-state index in [1.54, 1.807) is 0 Å². The maximum Gasteiger partial charge on any atom is 0.418 e. The van der Waals surface area contributed by atoms with Crippen LogP contribution in [0.3, 0.4) is 0 Å². The molecule has 0 aliphatic carbocycles. The van der Waals surface area contributed by atoms with Gasteiger partial charge in [0, 0.05) is 24.5 Å². The van der Waals surface area contributed by atoms with Crippen LogP contribution in [0.2, 0.25) is 0 Å². The Morgan fingerprint density at radius 3 is 2.54 bits per heavy atom. The molecule has 2 N–H and O–H groups in total. The Labute approximate surface area is 204 Å². The van der Waals surface area contributed by atoms with Crippen LogP contribution in [0.4, 0.5) is 19.0 Å². The number of alkyl halides is 3. The van der Waals surface area contributed by atoms with E-state index in [2.05, 4.69) is 20.3 Å². The molecular weight excluding hydrogens is 499 g/mol. The molecule has 4 heterocycles. The quantitative estimate of drug-likeness (QED) is 0.389. The van der Waals surface area contributed by atoms with Gasteiger partial charge in [-0.1, -0.05) is 6.07 Å². The standard InChI is InChI=1S/C22H18F3N7O5/c1-11-13(22(23,24)25)6-12(7-26-11)14-4-3-5-15(28-14)29-16(33)8-31-10-27-19-18(31)20(36)32(9-17(34)35)21(37)30(19)2/h3-7,10H,8-9H2,1-2H3,(H,34,35)(H,28,29,33). The zero-order valence-electron chi connectivity index (χ0n) is 19.3. The third-order valence-electron chi connectivity index (χ3n) is 5.41. The first-order chi connectivity index (χ1) is 17.4. The number of imidazole rings is 1. The summed E-state index contributed by atoms with van der Waals surface area (Å²) in [6.45, 7) is -0.0858. The second-order valence-corrected chi connectivity index (χ2v) is 7.98. The van der Waals surface area contributed by atoms with Crippen molar-refractivity contribution in [3.05, 3.63) is 68.9 Å². The van der Waals surface area contributed by atoms with Gasteiger partial charge in [-0.05, 0) is 25.1 Å². The summed E-state index contributed by atoms with van der Waals surface area (Å²) in [6, 6.07) is 5.28. The zero-order chi connectivity index (χ0) is 27.1. The van der Waals surface area contributed by atoms with Gasteiger partial charge in [-0.15, -0.1) is 0 Å². The SMILES string of the molecule is Cc1ncc(-c2cccc(NC(=O)Cn3cnc4c3c(=O)n(CC(=O)O)c(=O)n4C)n2)cc1C(F)(F)F. The maximum atomic E-state index is 13.3. The van der Waals surface area contributed by atoms with Crippen molar-refractivity contribution in [1.82, 2.24) is 28.7 Å². The molecule has 0 aliphatic rings. The predicted octanol–water partition coefficient (Wildman–Crippen LogP) is 1.40. The molecule has 0 unspecified atom stereocenters. The molecule has 0 radical (unpaired) electrons. The molecule has 0 saturated heterocycles. The summed E-state index contributed by atoms with van der Waals surface area (Å²) in [4.78, 5) is 60.8. The Hall–Kier alpha value is -4.82. The minimum atomic E-state index is -4.60. The van der Waals surface area contributed by atoms with Crippen LogP contribution in [0.5, 0.6) is 0 Å². The lowest BCUT2D eigenvalue weighted by Crippen LogP contribution is -2.41. The van der Waals surface area contributed by atoms with Crippen LogP contribution >= 0.6 is 0 Å². The van der Waals surface area contributed by atoms with Gasteiger partial charge in [-0.3, -0.25) is 23.9 Å². The van der Waals surface area contributed by atoms with Crippen molar-refractivity contribution in [3.63, 3.8) is 0 Å². The number of nitrogens with zero attached hydrogens (tertiary/aromatic N) is 6. The van der Waals surface area contributed by atoms with Gasteiger partial charge in [0.15, 0.2) is 11.2 Å². The van der Waals surface area contributed by atoms with E-state index in [0.717, 1.165) is 21.5 Å². The van der Waals surface area contributed by atoms with Gasteiger partial charge in [0.05, 0.1) is 17.6 Å². The number of amides is 1. The first-order valence-corrected chi connectivity index (χ1v) is 10.5. The van der Waals surface area contributed by atoms with E-state index in [0.29, 0.717) is 4.57 Å². The van der Waals surface area contributed by atoms with Gasteiger partial charge < -0.3 is 15.0 Å². The summed E-state index contributed by atoms with van der Waals surface area (Å²) < 4.78 is 42.4. The molecule has 4 aromatic rings. The van der Waals surface area contributed by atoms with Gasteiger partial charge in [-0.25, -0.2) is 19.3 Å². The summed E-state index contributed by atoms with van der Waals surface area (Å²) in [5, 5.41) is 11.5. The van der Waals surface area contributed by atoms with Gasteiger partial charge in [0.2, 0.25) is 5.91 Å². The number of carbonyl (C=O) groups is 2. The molecule has 0 fully saturated rings. The van der Waals surface area contributed by atoms with E-state index in [4.69, 9.17) is 5.11 Å². The van der Waals surface area contributed by atoms with Crippen LogP contribution < -0.4 is 16.6 Å². The van der Waals surface area contributed by atoms with Crippen LogP contribution in [0.1, 0.15) is 11.3 Å². The van der Waals surface area contributed by atoms with E-state index in [9.17, 15) is 32.3 Å². The Kier molecular flexibility index (Phi) is 6.37. The molecule has 0 aromatic carbocycles. The van der Waals surface area contributed by atoms with Crippen molar-refractivity contribution in [3.8, 4) is 11.3 Å². The number of pyridine rings is 2. The molecule has 0 spiro atoms. The topological polar surface area (TPSA) is 154 Å². The predicted molar refractivity (Wildman–Crippen MR) is 123 cm³/mol. The van der Waals surface area contributed by atoms with E-state index in [1.807, 2.05) is 0 Å². The third kappa shape index (κ3) is 4.96. The molecule has 15 heteroatoms. The van der Waals surface area contributed by atoms with Crippen LogP contribution in [0.15, 0.2) is 46.4 Å². The number of hydrogen-bond donors (Lipinski definition) is 2. The van der Waals surface area contributed by atoms with Crippen LogP contribution in [0, 0.1) is 6.92 Å². The van der Waals surface area contributed by atoms with Gasteiger partial charge in [0.25, 0.3) is 5.56 Å². The van der Waals surface area contributed by atoms with Crippen molar-refractivity contribution in [2.45, 2.75) is 26.2 Å². The van der Waals surface area contributed by atoms with Crippen molar-refractivity contribution < 1.29 is 27.9 Å². The monoisotopic (exact) mass is 517 g/mol. The number of carboxylic acid groups (broad SMARTS) is 1. The number of aliphatic carboxylic acids is 1. The summed E-state index contributed by atoms with van der Waals surface area (Å²) in [7, 11) is 1.30. The highest BCUT2D eigenvalue weighted by molar-refractivity contribution is 5.90. The number of carbonyl (C=O) groups excluding carboxylic acids is 1. The number of fused-ring (bicyclic) bond motifs is 1. The second kappa shape index (κ2) is 9.33. The van der Waals surface area contributed by atoms with E-state index in [1.165, 1.54) is 38.4 Å². The van der Waals surface area contributed by atoms with Gasteiger partial charge in [0.1, 0.15) is 18.9 Å². The van der Waals surface area contributed by atoms with E-state index in [-0.39, 0.29) is 33.9 Å². The van der Waals surface area contributed by atoms with Crippen molar-refractivity contribution >= 4 is 28.9 Å². The Balaban J connectivity index is 1.62. The molecule has 0 aliphatic heterocycles. The van der Waals surface area contributed by atoms with Crippen molar-refractivity contribution in [1.29, 1.82) is 0 Å². The summed E-state index contributed by atoms with van der Waals surface area (Å²) in [5.74, 6) is -2.05.